The number of carbonyl (C=O) groups excluding carboxylic acids is 1. The lowest BCUT2D eigenvalue weighted by Crippen LogP contribution is -2.34. The van der Waals surface area contributed by atoms with Crippen molar-refractivity contribution in [2.45, 2.75) is 38.9 Å². The fourth-order valence-electron chi connectivity index (χ4n) is 2.37. The highest BCUT2D eigenvalue weighted by Crippen LogP contribution is 2.31. The van der Waals surface area contributed by atoms with Gasteiger partial charge in [0.2, 0.25) is 0 Å². The van der Waals surface area contributed by atoms with Gasteiger partial charge in [-0.2, -0.15) is 0 Å². The fraction of sp³-hybridized carbons (Fsp3) is 0.421. The molecule has 4 nitrogen and oxygen atoms in total. The second-order valence-corrected chi connectivity index (χ2v) is 5.58. The molecule has 1 aromatic carbocycles. The number of ketones is 1. The van der Waals surface area contributed by atoms with Crippen LogP contribution in [-0.2, 0) is 9.47 Å². The third-order valence-electron chi connectivity index (χ3n) is 3.54. The Morgan fingerprint density at radius 2 is 1.87 bits per heavy atom. The molecule has 0 saturated heterocycles. The van der Waals surface area contributed by atoms with Gasteiger partial charge in [0, 0.05) is 5.56 Å². The van der Waals surface area contributed by atoms with Gasteiger partial charge in [-0.15, -0.1) is 0 Å². The Labute approximate surface area is 137 Å². The Morgan fingerprint density at radius 3 is 2.52 bits per heavy atom. The third-order valence-corrected chi connectivity index (χ3v) is 3.54. The molecule has 0 spiro atoms. The predicted molar refractivity (Wildman–Crippen MR) is 89.0 cm³/mol. The van der Waals surface area contributed by atoms with Crippen LogP contribution in [0.15, 0.2) is 53.8 Å². The first kappa shape index (κ1) is 17.4. The topological polar surface area (TPSA) is 55.8 Å². The number of benzene rings is 1. The predicted octanol–water partition coefficient (Wildman–Crippen LogP) is 3.63. The Morgan fingerprint density at radius 1 is 1.17 bits per heavy atom. The molecule has 0 fully saturated rings. The lowest BCUT2D eigenvalue weighted by molar-refractivity contribution is -0.171. The molecule has 124 valence electrons. The van der Waals surface area contributed by atoms with Gasteiger partial charge in [-0.1, -0.05) is 44.2 Å². The number of Topliss-reactive ketones (excluding diaryl/α,β-unsaturated/α-hetero) is 1. The number of allylic oxidation sites excluding steroid dienone is 2. The zero-order valence-corrected chi connectivity index (χ0v) is 13.7. The summed E-state index contributed by atoms with van der Waals surface area (Å²) in [6.45, 7) is 4.92. The largest absolute Gasteiger partial charge is 0.497 e. The molecule has 1 atom stereocenters. The zero-order chi connectivity index (χ0) is 16.7. The normalized spacial score (nSPS) is 20.7. The van der Waals surface area contributed by atoms with E-state index >= 15 is 0 Å². The van der Waals surface area contributed by atoms with Gasteiger partial charge < -0.3 is 14.6 Å². The lowest BCUT2D eigenvalue weighted by atomic mass is 9.94. The molecule has 1 aliphatic carbocycles. The molecule has 0 heterocycles. The van der Waals surface area contributed by atoms with Gasteiger partial charge in [-0.25, -0.2) is 0 Å². The summed E-state index contributed by atoms with van der Waals surface area (Å²) in [4.78, 5) is 12.7. The van der Waals surface area contributed by atoms with Crippen molar-refractivity contribution in [3.05, 3.63) is 59.4 Å². The smallest absolute Gasteiger partial charge is 0.196 e. The van der Waals surface area contributed by atoms with Crippen molar-refractivity contribution in [1.29, 1.82) is 0 Å². The summed E-state index contributed by atoms with van der Waals surface area (Å²) in [6.07, 6.45) is 4.93. The van der Waals surface area contributed by atoms with Crippen LogP contribution in [0.5, 0.6) is 0 Å². The van der Waals surface area contributed by atoms with Crippen molar-refractivity contribution in [2.24, 2.45) is 0 Å². The second-order valence-electron chi connectivity index (χ2n) is 5.58. The van der Waals surface area contributed by atoms with Crippen LogP contribution in [0.1, 0.15) is 43.5 Å². The molecule has 0 amide bonds. The van der Waals surface area contributed by atoms with Crippen LogP contribution in [0.3, 0.4) is 0 Å². The van der Waals surface area contributed by atoms with E-state index in [1.807, 2.05) is 32.0 Å². The molecule has 0 bridgehead atoms. The summed E-state index contributed by atoms with van der Waals surface area (Å²) >= 11 is 0. The fourth-order valence-corrected chi connectivity index (χ4v) is 2.37. The highest BCUT2D eigenvalue weighted by molar-refractivity contribution is 6.11. The number of carbonyl (C=O) groups is 1. The summed E-state index contributed by atoms with van der Waals surface area (Å²) in [6, 6.07) is 9.07. The molecule has 23 heavy (non-hydrogen) atoms. The first-order valence-electron chi connectivity index (χ1n) is 8.11. The molecule has 0 saturated carbocycles. The van der Waals surface area contributed by atoms with Gasteiger partial charge in [-0.3, -0.25) is 4.79 Å². The number of rotatable bonds is 8. The second kappa shape index (κ2) is 8.09. The van der Waals surface area contributed by atoms with Crippen LogP contribution < -0.4 is 0 Å². The molecule has 1 aromatic rings. The summed E-state index contributed by atoms with van der Waals surface area (Å²) < 4.78 is 11.2. The summed E-state index contributed by atoms with van der Waals surface area (Å²) in [7, 11) is 0. The van der Waals surface area contributed by atoms with E-state index < -0.39 is 5.79 Å². The highest BCUT2D eigenvalue weighted by atomic mass is 16.6. The Bertz CT molecular complexity index is 589. The quantitative estimate of drug-likeness (QED) is 0.588. The van der Waals surface area contributed by atoms with E-state index in [-0.39, 0.29) is 12.2 Å². The van der Waals surface area contributed by atoms with E-state index in [0.717, 1.165) is 12.8 Å². The number of hydrogen-bond donors (Lipinski definition) is 1. The van der Waals surface area contributed by atoms with Gasteiger partial charge in [0.25, 0.3) is 0 Å². The molecule has 1 aliphatic rings. The van der Waals surface area contributed by atoms with Crippen LogP contribution >= 0.6 is 0 Å². The molecule has 0 aromatic heterocycles. The average Bonchev–Trinajstić information content (AvgIpc) is 2.58. The van der Waals surface area contributed by atoms with Gasteiger partial charge >= 0.3 is 0 Å². The monoisotopic (exact) mass is 316 g/mol. The van der Waals surface area contributed by atoms with Crippen molar-refractivity contribution >= 4 is 5.78 Å². The van der Waals surface area contributed by atoms with Gasteiger partial charge in [0.15, 0.2) is 11.6 Å². The van der Waals surface area contributed by atoms with Gasteiger partial charge in [-0.05, 0) is 25.0 Å². The SMILES string of the molecule is CCCOC1=C(C(=O)c2ccccc2)C=CC(O)(OCCC)C1. The molecule has 0 aliphatic heterocycles. The minimum Gasteiger partial charge on any atom is -0.497 e. The Hall–Kier alpha value is -1.91. The maximum absolute atomic E-state index is 12.7. The molecule has 2 rings (SSSR count). The summed E-state index contributed by atoms with van der Waals surface area (Å²) in [5, 5.41) is 10.5. The van der Waals surface area contributed by atoms with Crippen molar-refractivity contribution in [3.8, 4) is 0 Å². The van der Waals surface area contributed by atoms with E-state index in [1.165, 1.54) is 6.08 Å². The van der Waals surface area contributed by atoms with E-state index in [0.29, 0.717) is 30.1 Å². The summed E-state index contributed by atoms with van der Waals surface area (Å²) in [5.74, 6) is -1.02. The maximum Gasteiger partial charge on any atom is 0.196 e. The minimum absolute atomic E-state index is 0.106. The standard InChI is InChI=1S/C19H24O4/c1-3-12-22-17-14-19(21,23-13-4-2)11-10-16(17)18(20)15-8-6-5-7-9-15/h5-11,21H,3-4,12-14H2,1-2H3. The van der Waals surface area contributed by atoms with Crippen LogP contribution in [0.25, 0.3) is 0 Å². The van der Waals surface area contributed by atoms with Crippen LogP contribution in [-0.4, -0.2) is 29.9 Å². The van der Waals surface area contributed by atoms with Crippen molar-refractivity contribution in [1.82, 2.24) is 0 Å². The van der Waals surface area contributed by atoms with E-state index in [1.54, 1.807) is 18.2 Å². The Kier molecular flexibility index (Phi) is 6.13. The van der Waals surface area contributed by atoms with Crippen LogP contribution in [0.4, 0.5) is 0 Å². The van der Waals surface area contributed by atoms with Crippen LogP contribution in [0.2, 0.25) is 0 Å². The molecule has 4 heteroatoms. The van der Waals surface area contributed by atoms with E-state index in [4.69, 9.17) is 9.47 Å². The summed E-state index contributed by atoms with van der Waals surface area (Å²) in [5.41, 5.74) is 1.08. The van der Waals surface area contributed by atoms with Crippen molar-refractivity contribution in [3.63, 3.8) is 0 Å². The number of ether oxygens (including phenoxy) is 2. The Balaban J connectivity index is 2.26. The highest BCUT2D eigenvalue weighted by Gasteiger charge is 2.33. The van der Waals surface area contributed by atoms with E-state index in [2.05, 4.69) is 0 Å². The van der Waals surface area contributed by atoms with Gasteiger partial charge in [0.05, 0.1) is 25.2 Å². The number of aliphatic hydroxyl groups is 1. The zero-order valence-electron chi connectivity index (χ0n) is 13.7. The van der Waals surface area contributed by atoms with Gasteiger partial charge in [0.1, 0.15) is 5.76 Å². The lowest BCUT2D eigenvalue weighted by Gasteiger charge is -2.30. The molecular weight excluding hydrogens is 292 g/mol. The van der Waals surface area contributed by atoms with Crippen molar-refractivity contribution in [2.75, 3.05) is 13.2 Å². The first-order chi connectivity index (χ1) is 11.1. The van der Waals surface area contributed by atoms with Crippen molar-refractivity contribution < 1.29 is 19.4 Å². The molecule has 1 unspecified atom stereocenters. The molecular formula is C19H24O4. The number of hydrogen-bond acceptors (Lipinski definition) is 4. The van der Waals surface area contributed by atoms with E-state index in [9.17, 15) is 9.90 Å². The maximum atomic E-state index is 12.7. The van der Waals surface area contributed by atoms with Crippen LogP contribution in [0, 0.1) is 0 Å². The molecule has 1 N–H and O–H groups in total. The molecule has 0 radical (unpaired) electrons. The average molecular weight is 316 g/mol. The minimum atomic E-state index is -1.40. The first-order valence-corrected chi connectivity index (χ1v) is 8.11. The third kappa shape index (κ3) is 4.53.